The minimum atomic E-state index is -0.675. The summed E-state index contributed by atoms with van der Waals surface area (Å²) >= 11 is 0. The molecule has 0 saturated heterocycles. The second-order valence-electron chi connectivity index (χ2n) is 5.51. The first kappa shape index (κ1) is 13.8. The average molecular weight is 314 g/mol. The molecule has 3 aromatic rings. The second-order valence-corrected chi connectivity index (χ2v) is 5.51. The molecule has 0 radical (unpaired) electrons. The van der Waals surface area contributed by atoms with E-state index in [9.17, 15) is 15.0 Å². The van der Waals surface area contributed by atoms with Crippen LogP contribution >= 0.6 is 0 Å². The summed E-state index contributed by atoms with van der Waals surface area (Å²) in [6.07, 6.45) is 1.26. The first-order chi connectivity index (χ1) is 11.1. The van der Waals surface area contributed by atoms with E-state index in [0.29, 0.717) is 29.6 Å². The van der Waals surface area contributed by atoms with Gasteiger partial charge in [0.25, 0.3) is 0 Å². The molecule has 0 spiro atoms. The van der Waals surface area contributed by atoms with Crippen LogP contribution in [0.25, 0.3) is 21.7 Å². The van der Waals surface area contributed by atoms with Gasteiger partial charge in [0.05, 0.1) is 14.2 Å². The highest BCUT2D eigenvalue weighted by molar-refractivity contribution is 6.12. The molecule has 0 fully saturated rings. The summed E-state index contributed by atoms with van der Waals surface area (Å²) in [6, 6.07) is 3.06. The van der Waals surface area contributed by atoms with Gasteiger partial charge in [0.1, 0.15) is 16.7 Å². The predicted molar refractivity (Wildman–Crippen MR) is 83.8 cm³/mol. The van der Waals surface area contributed by atoms with Crippen molar-refractivity contribution in [1.29, 1.82) is 0 Å². The van der Waals surface area contributed by atoms with Crippen molar-refractivity contribution in [3.8, 4) is 23.0 Å². The number of ether oxygens (including phenoxy) is 2. The summed E-state index contributed by atoms with van der Waals surface area (Å²) < 4.78 is 16.0. The number of rotatable bonds is 2. The molecule has 0 atom stereocenters. The summed E-state index contributed by atoms with van der Waals surface area (Å²) in [7, 11) is 2.90. The first-order valence-corrected chi connectivity index (χ1v) is 7.15. The van der Waals surface area contributed by atoms with E-state index in [-0.39, 0.29) is 22.6 Å². The van der Waals surface area contributed by atoms with Crippen LogP contribution in [0.3, 0.4) is 0 Å². The number of phenols is 2. The lowest BCUT2D eigenvalue weighted by atomic mass is 9.87. The van der Waals surface area contributed by atoms with Crippen molar-refractivity contribution < 1.29 is 24.1 Å². The molecule has 0 aliphatic heterocycles. The molecule has 0 bridgehead atoms. The van der Waals surface area contributed by atoms with Gasteiger partial charge < -0.3 is 24.1 Å². The van der Waals surface area contributed by atoms with Gasteiger partial charge in [0, 0.05) is 22.4 Å². The van der Waals surface area contributed by atoms with Crippen molar-refractivity contribution in [3.63, 3.8) is 0 Å². The molecule has 1 aliphatic rings. The highest BCUT2D eigenvalue weighted by atomic mass is 16.5. The number of hydrogen-bond donors (Lipinski definition) is 2. The van der Waals surface area contributed by atoms with Crippen molar-refractivity contribution in [2.24, 2.45) is 0 Å². The molecule has 1 aromatic heterocycles. The normalized spacial score (nSPS) is 13.0. The summed E-state index contributed by atoms with van der Waals surface area (Å²) in [5.41, 5.74) is 1.29. The minimum absolute atomic E-state index is 0.0446. The number of aromatic hydroxyl groups is 2. The fraction of sp³-hybridized carbons (Fsp3) is 0.235. The van der Waals surface area contributed by atoms with Crippen LogP contribution in [0.15, 0.2) is 21.3 Å². The van der Waals surface area contributed by atoms with Crippen molar-refractivity contribution >= 4 is 21.7 Å². The summed E-state index contributed by atoms with van der Waals surface area (Å²) in [5, 5.41) is 21.7. The minimum Gasteiger partial charge on any atom is -0.508 e. The number of methoxy groups -OCH3 is 2. The molecule has 23 heavy (non-hydrogen) atoms. The van der Waals surface area contributed by atoms with Gasteiger partial charge in [0.2, 0.25) is 5.75 Å². The second kappa shape index (κ2) is 4.55. The highest BCUT2D eigenvalue weighted by Crippen LogP contribution is 2.49. The van der Waals surface area contributed by atoms with E-state index in [2.05, 4.69) is 0 Å². The van der Waals surface area contributed by atoms with E-state index in [0.717, 1.165) is 16.5 Å². The Bertz CT molecular complexity index is 1030. The van der Waals surface area contributed by atoms with Gasteiger partial charge in [-0.15, -0.1) is 0 Å². The van der Waals surface area contributed by atoms with Crippen LogP contribution in [0.2, 0.25) is 0 Å². The zero-order valence-electron chi connectivity index (χ0n) is 12.6. The molecule has 2 aromatic carbocycles. The van der Waals surface area contributed by atoms with E-state index in [1.54, 1.807) is 6.07 Å². The summed E-state index contributed by atoms with van der Waals surface area (Å²) in [5.74, 6) is 0.301. The zero-order valence-corrected chi connectivity index (χ0v) is 12.6. The van der Waals surface area contributed by atoms with Crippen molar-refractivity contribution in [1.82, 2.24) is 0 Å². The molecule has 1 aliphatic carbocycles. The molecule has 0 saturated carbocycles. The van der Waals surface area contributed by atoms with E-state index in [1.165, 1.54) is 20.3 Å². The molecule has 1 heterocycles. The van der Waals surface area contributed by atoms with Gasteiger partial charge in [-0.3, -0.25) is 0 Å². The molecule has 6 nitrogen and oxygen atoms in total. The quantitative estimate of drug-likeness (QED) is 0.558. The van der Waals surface area contributed by atoms with Crippen LogP contribution in [0.5, 0.6) is 23.0 Å². The Morgan fingerprint density at radius 2 is 1.74 bits per heavy atom. The monoisotopic (exact) mass is 314 g/mol. The highest BCUT2D eigenvalue weighted by Gasteiger charge is 2.29. The van der Waals surface area contributed by atoms with Crippen LogP contribution < -0.4 is 15.1 Å². The fourth-order valence-corrected chi connectivity index (χ4v) is 3.49. The summed E-state index contributed by atoms with van der Waals surface area (Å²) in [6.45, 7) is 0. The maximum Gasteiger partial charge on any atom is 0.348 e. The lowest BCUT2D eigenvalue weighted by molar-refractivity contribution is 0.332. The number of hydrogen-bond acceptors (Lipinski definition) is 6. The third kappa shape index (κ3) is 1.66. The summed E-state index contributed by atoms with van der Waals surface area (Å²) in [4.78, 5) is 12.4. The standard InChI is InChI=1S/C17H14O6/c1-21-15-9-4-3-7-5-8(18)6-10-11(7)12(9)13(17(20)23-10)14(19)16(15)22-2/h5-6,18-19H,3-4H2,1-2H3. The molecule has 0 amide bonds. The predicted octanol–water partition coefficient (Wildman–Crippen LogP) is 2.47. The first-order valence-electron chi connectivity index (χ1n) is 7.15. The Morgan fingerprint density at radius 3 is 2.43 bits per heavy atom. The van der Waals surface area contributed by atoms with Gasteiger partial charge in [-0.05, 0) is 24.5 Å². The van der Waals surface area contributed by atoms with Crippen LogP contribution in [0.1, 0.15) is 11.1 Å². The van der Waals surface area contributed by atoms with Gasteiger partial charge >= 0.3 is 5.63 Å². The number of aryl methyl sites for hydroxylation is 2. The lowest BCUT2D eigenvalue weighted by Crippen LogP contribution is -2.10. The number of phenolic OH excluding ortho intramolecular Hbond substituents is 2. The maximum atomic E-state index is 12.4. The van der Waals surface area contributed by atoms with E-state index in [4.69, 9.17) is 13.9 Å². The van der Waals surface area contributed by atoms with Gasteiger partial charge in [-0.2, -0.15) is 0 Å². The molecule has 2 N–H and O–H groups in total. The number of benzene rings is 2. The molecular formula is C17H14O6. The van der Waals surface area contributed by atoms with Gasteiger partial charge in [-0.25, -0.2) is 4.79 Å². The third-order valence-corrected chi connectivity index (χ3v) is 4.36. The fourth-order valence-electron chi connectivity index (χ4n) is 3.49. The molecule has 0 unspecified atom stereocenters. The Kier molecular flexibility index (Phi) is 2.72. The maximum absolute atomic E-state index is 12.4. The van der Waals surface area contributed by atoms with Crippen LogP contribution in [-0.2, 0) is 12.8 Å². The van der Waals surface area contributed by atoms with E-state index >= 15 is 0 Å². The van der Waals surface area contributed by atoms with Crippen LogP contribution in [0.4, 0.5) is 0 Å². The Labute approximate surface area is 130 Å². The molecule has 118 valence electrons. The molecular weight excluding hydrogens is 300 g/mol. The Balaban J connectivity index is 2.37. The SMILES string of the molecule is COc1c(OC)c2c3c(c1O)c(=O)oc1cc(O)cc(c13)CC2. The van der Waals surface area contributed by atoms with E-state index in [1.807, 2.05) is 0 Å². The third-order valence-electron chi connectivity index (χ3n) is 4.36. The molecule has 4 rings (SSSR count). The van der Waals surface area contributed by atoms with Crippen molar-refractivity contribution in [3.05, 3.63) is 33.7 Å². The Hall–Kier alpha value is -2.89. The van der Waals surface area contributed by atoms with Crippen LogP contribution in [-0.4, -0.2) is 24.4 Å². The van der Waals surface area contributed by atoms with Crippen molar-refractivity contribution in [2.75, 3.05) is 14.2 Å². The van der Waals surface area contributed by atoms with E-state index < -0.39 is 5.63 Å². The van der Waals surface area contributed by atoms with Crippen molar-refractivity contribution in [2.45, 2.75) is 12.8 Å². The van der Waals surface area contributed by atoms with Crippen LogP contribution in [0, 0.1) is 0 Å². The van der Waals surface area contributed by atoms with Gasteiger partial charge in [-0.1, -0.05) is 0 Å². The molecule has 6 heteroatoms. The lowest BCUT2D eigenvalue weighted by Gasteiger charge is -2.22. The average Bonchev–Trinajstić information content (AvgIpc) is 2.52. The zero-order chi connectivity index (χ0) is 16.3. The Morgan fingerprint density at radius 1 is 1.00 bits per heavy atom. The topological polar surface area (TPSA) is 89.1 Å². The van der Waals surface area contributed by atoms with Gasteiger partial charge in [0.15, 0.2) is 11.5 Å². The largest absolute Gasteiger partial charge is 0.508 e. The smallest absolute Gasteiger partial charge is 0.348 e.